The largest absolute Gasteiger partial charge is 0.493 e. The highest BCUT2D eigenvalue weighted by molar-refractivity contribution is 14.0. The van der Waals surface area contributed by atoms with Crippen LogP contribution < -0.4 is 20.1 Å². The van der Waals surface area contributed by atoms with Gasteiger partial charge in [0.15, 0.2) is 17.5 Å². The van der Waals surface area contributed by atoms with Crippen LogP contribution >= 0.6 is 24.0 Å². The first-order valence-corrected chi connectivity index (χ1v) is 8.50. The average molecular weight is 497 g/mol. The summed E-state index contributed by atoms with van der Waals surface area (Å²) in [4.78, 5) is 4.18. The number of aryl methyl sites for hydroxylation is 1. The van der Waals surface area contributed by atoms with Gasteiger partial charge in [-0.25, -0.2) is 4.39 Å². The van der Waals surface area contributed by atoms with Crippen LogP contribution in [0.25, 0.3) is 0 Å². The molecule has 2 N–H and O–H groups in total. The maximum absolute atomic E-state index is 13.6. The predicted octanol–water partition coefficient (Wildman–Crippen LogP) is 3.64. The van der Waals surface area contributed by atoms with Crippen LogP contribution in [0.1, 0.15) is 16.7 Å². The lowest BCUT2D eigenvalue weighted by molar-refractivity contribution is 0.330. The van der Waals surface area contributed by atoms with Crippen molar-refractivity contribution in [3.8, 4) is 23.8 Å². The van der Waals surface area contributed by atoms with Gasteiger partial charge in [-0.15, -0.1) is 30.4 Å². The fraction of sp³-hybridized carbons (Fsp3) is 0.286. The highest BCUT2D eigenvalue weighted by atomic mass is 127. The van der Waals surface area contributed by atoms with Gasteiger partial charge < -0.3 is 20.1 Å². The number of aliphatic imine (C=N–C) groups is 1. The van der Waals surface area contributed by atoms with Crippen molar-refractivity contribution in [3.63, 3.8) is 0 Å². The third-order valence-electron chi connectivity index (χ3n) is 3.92. The molecular weight excluding hydrogens is 472 g/mol. The number of hydrogen-bond donors (Lipinski definition) is 2. The van der Waals surface area contributed by atoms with E-state index in [1.165, 1.54) is 6.07 Å². The van der Waals surface area contributed by atoms with Crippen molar-refractivity contribution in [2.24, 2.45) is 4.99 Å². The molecule has 0 fully saturated rings. The molecule has 2 rings (SSSR count). The average Bonchev–Trinajstić information content (AvgIpc) is 2.69. The Kier molecular flexibility index (Phi) is 10.2. The van der Waals surface area contributed by atoms with Gasteiger partial charge in [0.1, 0.15) is 12.4 Å². The smallest absolute Gasteiger partial charge is 0.191 e. The Hall–Kier alpha value is -2.47. The third kappa shape index (κ3) is 6.93. The van der Waals surface area contributed by atoms with Crippen LogP contribution in [-0.4, -0.2) is 26.7 Å². The van der Waals surface area contributed by atoms with E-state index in [2.05, 4.69) is 21.5 Å². The minimum atomic E-state index is -0.213. The molecule has 2 aromatic carbocycles. The molecule has 0 aliphatic heterocycles. The first-order chi connectivity index (χ1) is 13.1. The van der Waals surface area contributed by atoms with E-state index < -0.39 is 0 Å². The Bertz CT molecular complexity index is 850. The van der Waals surface area contributed by atoms with Crippen LogP contribution in [-0.2, 0) is 13.1 Å². The normalized spacial score (nSPS) is 10.5. The number of ether oxygens (including phenoxy) is 2. The van der Waals surface area contributed by atoms with Gasteiger partial charge in [0.25, 0.3) is 0 Å². The molecule has 0 unspecified atom stereocenters. The van der Waals surface area contributed by atoms with E-state index in [1.807, 2.05) is 24.3 Å². The van der Waals surface area contributed by atoms with E-state index in [9.17, 15) is 4.39 Å². The number of methoxy groups -OCH3 is 1. The van der Waals surface area contributed by atoms with Crippen molar-refractivity contribution in [2.75, 3.05) is 20.8 Å². The van der Waals surface area contributed by atoms with E-state index >= 15 is 0 Å². The monoisotopic (exact) mass is 497 g/mol. The summed E-state index contributed by atoms with van der Waals surface area (Å²) < 4.78 is 24.4. The number of hydrogen-bond acceptors (Lipinski definition) is 3. The van der Waals surface area contributed by atoms with Gasteiger partial charge in [0, 0.05) is 20.1 Å². The minimum Gasteiger partial charge on any atom is -0.493 e. The molecule has 0 heterocycles. The summed E-state index contributed by atoms with van der Waals surface area (Å²) in [5, 5.41) is 6.38. The first kappa shape index (κ1) is 23.6. The molecular formula is C21H25FIN3O2. The topological polar surface area (TPSA) is 54.9 Å². The molecule has 0 radical (unpaired) electrons. The van der Waals surface area contributed by atoms with Crippen molar-refractivity contribution >= 4 is 29.9 Å². The van der Waals surface area contributed by atoms with Gasteiger partial charge in [-0.05, 0) is 41.8 Å². The SMILES string of the molecule is C#CCOc1cc(CNC(=NC)NCc2ccc(C)c(F)c2)ccc1OC.I. The Labute approximate surface area is 182 Å². The number of guanidine groups is 1. The molecule has 0 atom stereocenters. The molecule has 0 spiro atoms. The summed E-state index contributed by atoms with van der Waals surface area (Å²) in [7, 11) is 3.26. The van der Waals surface area contributed by atoms with Gasteiger partial charge in [0.2, 0.25) is 0 Å². The van der Waals surface area contributed by atoms with E-state index in [1.54, 1.807) is 27.1 Å². The second-order valence-corrected chi connectivity index (χ2v) is 5.84. The Morgan fingerprint density at radius 3 is 2.32 bits per heavy atom. The van der Waals surface area contributed by atoms with Gasteiger partial charge in [-0.2, -0.15) is 0 Å². The molecule has 0 saturated heterocycles. The lowest BCUT2D eigenvalue weighted by Gasteiger charge is -2.14. The first-order valence-electron chi connectivity index (χ1n) is 8.50. The summed E-state index contributed by atoms with van der Waals surface area (Å²) in [6.45, 7) is 2.90. The highest BCUT2D eigenvalue weighted by Crippen LogP contribution is 2.27. The highest BCUT2D eigenvalue weighted by Gasteiger charge is 2.07. The summed E-state index contributed by atoms with van der Waals surface area (Å²) in [6.07, 6.45) is 5.25. The molecule has 0 saturated carbocycles. The molecule has 0 aromatic heterocycles. The van der Waals surface area contributed by atoms with Crippen LogP contribution in [0.5, 0.6) is 11.5 Å². The Morgan fingerprint density at radius 1 is 1.11 bits per heavy atom. The predicted molar refractivity (Wildman–Crippen MR) is 121 cm³/mol. The van der Waals surface area contributed by atoms with Gasteiger partial charge in [0.05, 0.1) is 7.11 Å². The fourth-order valence-electron chi connectivity index (χ4n) is 2.40. The molecule has 0 amide bonds. The Balaban J connectivity index is 0.00000392. The molecule has 5 nitrogen and oxygen atoms in total. The number of nitrogens with one attached hydrogen (secondary N) is 2. The summed E-state index contributed by atoms with van der Waals surface area (Å²) in [6, 6.07) is 10.8. The number of terminal acetylenes is 1. The van der Waals surface area contributed by atoms with Crippen LogP contribution in [0.4, 0.5) is 4.39 Å². The standard InChI is InChI=1S/C21H24FN3O2.HI/c1-5-10-27-20-12-17(8-9-19(20)26-4)14-25-21(23-3)24-13-16-7-6-15(2)18(22)11-16;/h1,6-9,11-12H,10,13-14H2,2-4H3,(H2,23,24,25);1H. The van der Waals surface area contributed by atoms with Crippen LogP contribution in [0, 0.1) is 25.1 Å². The lowest BCUT2D eigenvalue weighted by Crippen LogP contribution is -2.36. The maximum Gasteiger partial charge on any atom is 0.191 e. The van der Waals surface area contributed by atoms with Crippen molar-refractivity contribution in [3.05, 3.63) is 58.9 Å². The van der Waals surface area contributed by atoms with E-state index in [0.29, 0.717) is 36.1 Å². The number of halogens is 2. The number of benzene rings is 2. The molecule has 7 heteroatoms. The van der Waals surface area contributed by atoms with Crippen molar-refractivity contribution < 1.29 is 13.9 Å². The van der Waals surface area contributed by atoms with Crippen molar-refractivity contribution in [1.82, 2.24) is 10.6 Å². The van der Waals surface area contributed by atoms with E-state index in [-0.39, 0.29) is 36.4 Å². The molecule has 150 valence electrons. The minimum absolute atomic E-state index is 0. The summed E-state index contributed by atoms with van der Waals surface area (Å²) in [5.41, 5.74) is 2.45. The number of rotatable bonds is 7. The van der Waals surface area contributed by atoms with Crippen LogP contribution in [0.2, 0.25) is 0 Å². The second-order valence-electron chi connectivity index (χ2n) is 5.84. The molecule has 0 aliphatic carbocycles. The zero-order chi connectivity index (χ0) is 19.6. The lowest BCUT2D eigenvalue weighted by atomic mass is 10.1. The third-order valence-corrected chi connectivity index (χ3v) is 3.92. The second kappa shape index (κ2) is 12.1. The quantitative estimate of drug-likeness (QED) is 0.266. The van der Waals surface area contributed by atoms with Gasteiger partial charge >= 0.3 is 0 Å². The van der Waals surface area contributed by atoms with Crippen LogP contribution in [0.3, 0.4) is 0 Å². The molecule has 0 aliphatic rings. The van der Waals surface area contributed by atoms with E-state index in [4.69, 9.17) is 15.9 Å². The Morgan fingerprint density at radius 2 is 1.75 bits per heavy atom. The number of nitrogens with zero attached hydrogens (tertiary/aromatic N) is 1. The molecule has 28 heavy (non-hydrogen) atoms. The van der Waals surface area contributed by atoms with E-state index in [0.717, 1.165) is 11.1 Å². The summed E-state index contributed by atoms with van der Waals surface area (Å²) in [5.74, 6) is 4.05. The van der Waals surface area contributed by atoms with Crippen LogP contribution in [0.15, 0.2) is 41.4 Å². The van der Waals surface area contributed by atoms with Gasteiger partial charge in [-0.1, -0.05) is 24.1 Å². The molecule has 2 aromatic rings. The fourth-order valence-corrected chi connectivity index (χ4v) is 2.40. The van der Waals surface area contributed by atoms with Gasteiger partial charge in [-0.3, -0.25) is 4.99 Å². The van der Waals surface area contributed by atoms with Crippen molar-refractivity contribution in [1.29, 1.82) is 0 Å². The summed E-state index contributed by atoms with van der Waals surface area (Å²) >= 11 is 0. The molecule has 0 bridgehead atoms. The maximum atomic E-state index is 13.6. The zero-order valence-electron chi connectivity index (χ0n) is 16.2. The van der Waals surface area contributed by atoms with Crippen molar-refractivity contribution in [2.45, 2.75) is 20.0 Å². The zero-order valence-corrected chi connectivity index (χ0v) is 18.5.